The maximum atomic E-state index is 12.1. The fourth-order valence-corrected chi connectivity index (χ4v) is 2.39. The Balaban J connectivity index is 2.27. The van der Waals surface area contributed by atoms with Crippen LogP contribution in [0.3, 0.4) is 0 Å². The van der Waals surface area contributed by atoms with E-state index >= 15 is 0 Å². The molecular weight excluding hydrogens is 433 g/mol. The maximum absolute atomic E-state index is 12.1. The Hall–Kier alpha value is -0.560. The van der Waals surface area contributed by atoms with Crippen LogP contribution in [0.15, 0.2) is 24.3 Å². The van der Waals surface area contributed by atoms with E-state index in [0.29, 0.717) is 21.3 Å². The number of hydrogen-bond donors (Lipinski definition) is 1. The van der Waals surface area contributed by atoms with E-state index in [9.17, 15) is 4.79 Å². The highest BCUT2D eigenvalue weighted by Crippen LogP contribution is 2.26. The zero-order valence-electron chi connectivity index (χ0n) is 10.2. The van der Waals surface area contributed by atoms with Crippen LogP contribution in [0, 0.1) is 10.5 Å². The lowest BCUT2D eigenvalue weighted by molar-refractivity contribution is 0.102. The molecule has 0 saturated heterocycles. The molecule has 104 valence electrons. The number of aryl methyl sites for hydroxylation is 1. The van der Waals surface area contributed by atoms with Gasteiger partial charge in [0.05, 0.1) is 20.8 Å². The molecule has 2 aromatic rings. The van der Waals surface area contributed by atoms with Crippen LogP contribution in [0.5, 0.6) is 0 Å². The van der Waals surface area contributed by atoms with Crippen LogP contribution in [0.25, 0.3) is 0 Å². The molecule has 1 amide bonds. The topological polar surface area (TPSA) is 42.0 Å². The molecule has 0 aliphatic carbocycles. The van der Waals surface area contributed by atoms with Gasteiger partial charge in [-0.15, -0.1) is 0 Å². The Morgan fingerprint density at radius 2 is 1.85 bits per heavy atom. The first-order valence-electron chi connectivity index (χ1n) is 5.47. The van der Waals surface area contributed by atoms with Crippen molar-refractivity contribution in [3.05, 3.63) is 54.2 Å². The van der Waals surface area contributed by atoms with Gasteiger partial charge in [0, 0.05) is 9.13 Å². The van der Waals surface area contributed by atoms with Crippen molar-refractivity contribution in [3.63, 3.8) is 0 Å². The van der Waals surface area contributed by atoms with Gasteiger partial charge in [0.1, 0.15) is 0 Å². The Morgan fingerprint density at radius 3 is 2.50 bits per heavy atom. The molecule has 7 heteroatoms. The molecule has 1 heterocycles. The second-order valence-electron chi connectivity index (χ2n) is 3.97. The lowest BCUT2D eigenvalue weighted by Gasteiger charge is -2.09. The molecule has 0 aliphatic rings. The third-order valence-corrected chi connectivity index (χ3v) is 4.76. The molecule has 20 heavy (non-hydrogen) atoms. The molecule has 0 unspecified atom stereocenters. The van der Waals surface area contributed by atoms with Gasteiger partial charge in [-0.2, -0.15) is 0 Å². The van der Waals surface area contributed by atoms with Crippen LogP contribution in [-0.4, -0.2) is 10.9 Å². The van der Waals surface area contributed by atoms with Gasteiger partial charge in [-0.05, 0) is 53.8 Å². The molecule has 2 rings (SSSR count). The largest absolute Gasteiger partial charge is 0.305 e. The van der Waals surface area contributed by atoms with Gasteiger partial charge in [0.15, 0.2) is 5.82 Å². The summed E-state index contributed by atoms with van der Waals surface area (Å²) >= 11 is 20.0. The third-order valence-electron chi connectivity index (χ3n) is 2.52. The Labute approximate surface area is 144 Å². The third kappa shape index (κ3) is 3.55. The van der Waals surface area contributed by atoms with Crippen LogP contribution in [0.2, 0.25) is 15.1 Å². The van der Waals surface area contributed by atoms with E-state index in [0.717, 1.165) is 3.57 Å². The quantitative estimate of drug-likeness (QED) is 0.651. The smallest absolute Gasteiger partial charge is 0.256 e. The van der Waals surface area contributed by atoms with Gasteiger partial charge in [-0.3, -0.25) is 4.79 Å². The van der Waals surface area contributed by atoms with Crippen LogP contribution >= 0.6 is 57.4 Å². The molecule has 1 N–H and O–H groups in total. The molecule has 0 saturated carbocycles. The fourth-order valence-electron chi connectivity index (χ4n) is 1.46. The molecular formula is C13H8Cl3IN2O. The van der Waals surface area contributed by atoms with E-state index < -0.39 is 0 Å². The first-order chi connectivity index (χ1) is 9.38. The highest BCUT2D eigenvalue weighted by molar-refractivity contribution is 14.1. The predicted molar refractivity (Wildman–Crippen MR) is 91.1 cm³/mol. The van der Waals surface area contributed by atoms with E-state index in [1.807, 2.05) is 0 Å². The highest BCUT2D eigenvalue weighted by atomic mass is 127. The van der Waals surface area contributed by atoms with Crippen LogP contribution in [0.4, 0.5) is 5.82 Å². The summed E-state index contributed by atoms with van der Waals surface area (Å²) < 4.78 is 0.874. The van der Waals surface area contributed by atoms with E-state index in [1.165, 1.54) is 0 Å². The molecule has 1 aromatic heterocycles. The molecule has 0 atom stereocenters. The normalized spacial score (nSPS) is 10.4. The van der Waals surface area contributed by atoms with Gasteiger partial charge >= 0.3 is 0 Å². The Kier molecular flexibility index (Phi) is 5.12. The number of anilines is 1. The first kappa shape index (κ1) is 15.8. The minimum absolute atomic E-state index is 0.272. The highest BCUT2D eigenvalue weighted by Gasteiger charge is 2.12. The number of pyridine rings is 1. The fraction of sp³-hybridized carbons (Fsp3) is 0.0769. The summed E-state index contributed by atoms with van der Waals surface area (Å²) in [5, 5.41) is 3.89. The van der Waals surface area contributed by atoms with Crippen molar-refractivity contribution in [2.75, 3.05) is 5.32 Å². The molecule has 3 nitrogen and oxygen atoms in total. The van der Waals surface area contributed by atoms with Crippen molar-refractivity contribution < 1.29 is 4.79 Å². The maximum Gasteiger partial charge on any atom is 0.256 e. The number of amides is 1. The van der Waals surface area contributed by atoms with E-state index in [2.05, 4.69) is 32.9 Å². The zero-order chi connectivity index (χ0) is 14.9. The lowest BCUT2D eigenvalue weighted by atomic mass is 10.2. The van der Waals surface area contributed by atoms with Crippen LogP contribution < -0.4 is 5.32 Å². The number of hydrogen-bond acceptors (Lipinski definition) is 2. The number of nitrogens with zero attached hydrogens (tertiary/aromatic N) is 1. The van der Waals surface area contributed by atoms with E-state index in [1.54, 1.807) is 31.2 Å². The number of nitrogens with one attached hydrogen (secondary N) is 1. The average molecular weight is 441 g/mol. The van der Waals surface area contributed by atoms with Gasteiger partial charge < -0.3 is 5.32 Å². The average Bonchev–Trinajstić information content (AvgIpc) is 2.39. The van der Waals surface area contributed by atoms with Crippen molar-refractivity contribution in [2.24, 2.45) is 0 Å². The summed E-state index contributed by atoms with van der Waals surface area (Å²) in [5.74, 6) is -0.0624. The molecule has 0 fully saturated rings. The van der Waals surface area contributed by atoms with Crippen molar-refractivity contribution in [1.29, 1.82) is 0 Å². The van der Waals surface area contributed by atoms with Crippen molar-refractivity contribution >= 4 is 69.1 Å². The second kappa shape index (κ2) is 6.47. The monoisotopic (exact) mass is 440 g/mol. The molecule has 0 spiro atoms. The summed E-state index contributed by atoms with van der Waals surface area (Å²) in [6.07, 6.45) is 0. The Morgan fingerprint density at radius 1 is 1.15 bits per heavy atom. The minimum atomic E-state index is -0.334. The number of halogens is 4. The summed E-state index contributed by atoms with van der Waals surface area (Å²) in [4.78, 5) is 16.3. The number of benzene rings is 1. The SMILES string of the molecule is Cc1nc(NC(=O)c2ccc(I)c(Cl)c2)c(Cl)cc1Cl. The van der Waals surface area contributed by atoms with Gasteiger partial charge in [0.25, 0.3) is 5.91 Å². The molecule has 0 radical (unpaired) electrons. The van der Waals surface area contributed by atoms with Crippen molar-refractivity contribution in [2.45, 2.75) is 6.92 Å². The predicted octanol–water partition coefficient (Wildman–Crippen LogP) is 5.21. The minimum Gasteiger partial charge on any atom is -0.305 e. The summed E-state index contributed by atoms with van der Waals surface area (Å²) in [7, 11) is 0. The van der Waals surface area contributed by atoms with E-state index in [-0.39, 0.29) is 16.7 Å². The number of rotatable bonds is 2. The van der Waals surface area contributed by atoms with Gasteiger partial charge in [-0.25, -0.2) is 4.98 Å². The Bertz CT molecular complexity index is 692. The molecule has 0 aliphatic heterocycles. The lowest BCUT2D eigenvalue weighted by Crippen LogP contribution is -2.13. The van der Waals surface area contributed by atoms with E-state index in [4.69, 9.17) is 34.8 Å². The number of aromatic nitrogens is 1. The van der Waals surface area contributed by atoms with Gasteiger partial charge in [0.2, 0.25) is 0 Å². The van der Waals surface area contributed by atoms with Crippen LogP contribution in [0.1, 0.15) is 16.1 Å². The van der Waals surface area contributed by atoms with Crippen molar-refractivity contribution in [1.82, 2.24) is 4.98 Å². The van der Waals surface area contributed by atoms with Crippen LogP contribution in [-0.2, 0) is 0 Å². The first-order valence-corrected chi connectivity index (χ1v) is 7.69. The van der Waals surface area contributed by atoms with Gasteiger partial charge in [-0.1, -0.05) is 34.8 Å². The number of carbonyl (C=O) groups excluding carboxylic acids is 1. The standard InChI is InChI=1S/C13H8Cl3IN2O/c1-6-8(14)5-10(16)12(18-6)19-13(20)7-2-3-11(17)9(15)4-7/h2-5H,1H3,(H,18,19,20). The summed E-state index contributed by atoms with van der Waals surface area (Å²) in [6.45, 7) is 1.73. The molecule has 1 aromatic carbocycles. The summed E-state index contributed by atoms with van der Waals surface area (Å²) in [6, 6.07) is 6.58. The zero-order valence-corrected chi connectivity index (χ0v) is 14.6. The molecule has 0 bridgehead atoms. The van der Waals surface area contributed by atoms with Crippen molar-refractivity contribution in [3.8, 4) is 0 Å². The second-order valence-corrected chi connectivity index (χ2v) is 6.35. The number of carbonyl (C=O) groups is 1. The summed E-state index contributed by atoms with van der Waals surface area (Å²) in [5.41, 5.74) is 1.02.